The molecule has 1 fully saturated rings. The van der Waals surface area contributed by atoms with Gasteiger partial charge in [0.25, 0.3) is 11.8 Å². The normalized spacial score (nSPS) is 16.8. The van der Waals surface area contributed by atoms with E-state index in [1.54, 1.807) is 0 Å². The molecule has 1 unspecified atom stereocenters. The van der Waals surface area contributed by atoms with Crippen molar-refractivity contribution in [1.82, 2.24) is 5.06 Å². The molecule has 162 valence electrons. The van der Waals surface area contributed by atoms with Crippen LogP contribution in [0.5, 0.6) is 0 Å². The van der Waals surface area contributed by atoms with Gasteiger partial charge in [0, 0.05) is 6.42 Å². The van der Waals surface area contributed by atoms with Crippen LogP contribution in [0.15, 0.2) is 0 Å². The Morgan fingerprint density at radius 3 is 1.68 bits per heavy atom. The molecule has 28 heavy (non-hydrogen) atoms. The first-order valence-electron chi connectivity index (χ1n) is 11.3. The molecular weight excluding hydrogens is 358 g/mol. The highest BCUT2D eigenvalue weighted by Crippen LogP contribution is 2.16. The minimum atomic E-state index is -1.38. The summed E-state index contributed by atoms with van der Waals surface area (Å²) in [6.07, 6.45) is 17.2. The molecule has 6 heteroatoms. The Bertz CT molecular complexity index is 466. The zero-order valence-electron chi connectivity index (χ0n) is 17.6. The highest BCUT2D eigenvalue weighted by atomic mass is 16.7. The quantitative estimate of drug-likeness (QED) is 0.281. The van der Waals surface area contributed by atoms with Crippen molar-refractivity contribution in [2.75, 3.05) is 0 Å². The molecule has 0 aliphatic carbocycles. The van der Waals surface area contributed by atoms with Crippen LogP contribution in [-0.2, 0) is 19.2 Å². The first-order valence-corrected chi connectivity index (χ1v) is 11.3. The first-order chi connectivity index (χ1) is 13.6. The van der Waals surface area contributed by atoms with Gasteiger partial charge in [-0.25, -0.2) is 4.79 Å². The van der Waals surface area contributed by atoms with E-state index < -0.39 is 23.9 Å². The number of carbonyl (C=O) groups excluding carboxylic acids is 3. The molecule has 1 aliphatic rings. The zero-order valence-corrected chi connectivity index (χ0v) is 17.6. The smallest absolute Gasteiger partial charge is 0.333 e. The SMILES string of the molecule is CCCCCCCCCCCCCCCCCC(=O)ON1C(=O)CC(O)C1=O. The summed E-state index contributed by atoms with van der Waals surface area (Å²) >= 11 is 0. The van der Waals surface area contributed by atoms with Crippen LogP contribution in [0.2, 0.25) is 0 Å². The lowest BCUT2D eigenvalue weighted by Gasteiger charge is -2.12. The van der Waals surface area contributed by atoms with Gasteiger partial charge in [-0.15, -0.1) is 0 Å². The van der Waals surface area contributed by atoms with E-state index in [2.05, 4.69) is 6.92 Å². The molecule has 6 nitrogen and oxygen atoms in total. The molecule has 2 amide bonds. The molecule has 1 atom stereocenters. The third-order valence-electron chi connectivity index (χ3n) is 5.26. The fourth-order valence-corrected chi connectivity index (χ4v) is 3.48. The molecule has 0 radical (unpaired) electrons. The van der Waals surface area contributed by atoms with Crippen LogP contribution in [0.25, 0.3) is 0 Å². The maximum atomic E-state index is 11.7. The van der Waals surface area contributed by atoms with Crippen molar-refractivity contribution in [3.8, 4) is 0 Å². The number of rotatable bonds is 17. The van der Waals surface area contributed by atoms with Crippen molar-refractivity contribution in [3.63, 3.8) is 0 Å². The number of hydrogen-bond donors (Lipinski definition) is 1. The van der Waals surface area contributed by atoms with Crippen LogP contribution < -0.4 is 0 Å². The van der Waals surface area contributed by atoms with Crippen LogP contribution in [-0.4, -0.2) is 34.1 Å². The molecule has 0 aromatic heterocycles. The summed E-state index contributed by atoms with van der Waals surface area (Å²) in [7, 11) is 0. The Balaban J connectivity index is 1.84. The van der Waals surface area contributed by atoms with Gasteiger partial charge in [0.05, 0.1) is 6.42 Å². The summed E-state index contributed by atoms with van der Waals surface area (Å²) in [5.74, 6) is -2.11. The van der Waals surface area contributed by atoms with Crippen LogP contribution in [0.3, 0.4) is 0 Å². The average Bonchev–Trinajstić information content (AvgIpc) is 2.91. The third kappa shape index (κ3) is 10.8. The number of hydroxylamine groups is 2. The standard InChI is InChI=1S/C22H39NO5/c1-2-3-4-5-6-7-8-9-10-11-12-13-14-15-16-17-21(26)28-23-20(25)18-19(24)22(23)27/h19,24H,2-18H2,1H3. The lowest BCUT2D eigenvalue weighted by Crippen LogP contribution is -2.34. The number of carbonyl (C=O) groups is 3. The van der Waals surface area contributed by atoms with E-state index in [1.165, 1.54) is 77.0 Å². The van der Waals surface area contributed by atoms with E-state index >= 15 is 0 Å². The molecule has 0 saturated carbocycles. The van der Waals surface area contributed by atoms with Gasteiger partial charge in [-0.05, 0) is 6.42 Å². The second kappa shape index (κ2) is 15.5. The first kappa shape index (κ1) is 24.6. The molecule has 0 bridgehead atoms. The Labute approximate surface area is 170 Å². The molecule has 1 rings (SSSR count). The summed E-state index contributed by atoms with van der Waals surface area (Å²) in [6, 6.07) is 0. The van der Waals surface area contributed by atoms with Crippen molar-refractivity contribution in [2.45, 2.75) is 122 Å². The number of imide groups is 1. The second-order valence-corrected chi connectivity index (χ2v) is 7.91. The van der Waals surface area contributed by atoms with Crippen molar-refractivity contribution in [1.29, 1.82) is 0 Å². The van der Waals surface area contributed by atoms with Crippen molar-refractivity contribution >= 4 is 17.8 Å². The fourth-order valence-electron chi connectivity index (χ4n) is 3.48. The number of aliphatic hydroxyl groups excluding tert-OH is 1. The van der Waals surface area contributed by atoms with Gasteiger partial charge in [-0.3, -0.25) is 9.59 Å². The van der Waals surface area contributed by atoms with Gasteiger partial charge in [-0.1, -0.05) is 102 Å². The highest BCUT2D eigenvalue weighted by Gasteiger charge is 2.40. The number of unbranched alkanes of at least 4 members (excludes halogenated alkanes) is 14. The molecule has 0 spiro atoms. The molecule has 1 heterocycles. The van der Waals surface area contributed by atoms with E-state index in [1.807, 2.05) is 0 Å². The molecule has 1 saturated heterocycles. The fraction of sp³-hybridized carbons (Fsp3) is 0.864. The summed E-state index contributed by atoms with van der Waals surface area (Å²) in [6.45, 7) is 2.25. The van der Waals surface area contributed by atoms with Crippen molar-refractivity contribution in [2.24, 2.45) is 0 Å². The number of aliphatic hydroxyl groups is 1. The summed E-state index contributed by atoms with van der Waals surface area (Å²) in [5, 5.41) is 9.67. The van der Waals surface area contributed by atoms with Gasteiger partial charge >= 0.3 is 5.97 Å². The predicted octanol–water partition coefficient (Wildman–Crippen LogP) is 4.83. The van der Waals surface area contributed by atoms with Gasteiger partial charge in [0.15, 0.2) is 0 Å². The average molecular weight is 398 g/mol. The molecule has 1 N–H and O–H groups in total. The Morgan fingerprint density at radius 1 is 0.857 bits per heavy atom. The van der Waals surface area contributed by atoms with Gasteiger partial charge in [0.2, 0.25) is 0 Å². The molecular formula is C22H39NO5. The van der Waals surface area contributed by atoms with E-state index in [4.69, 9.17) is 4.84 Å². The zero-order chi connectivity index (χ0) is 20.6. The van der Waals surface area contributed by atoms with Crippen LogP contribution >= 0.6 is 0 Å². The maximum Gasteiger partial charge on any atom is 0.333 e. The Hall–Kier alpha value is -1.43. The Morgan fingerprint density at radius 2 is 1.29 bits per heavy atom. The predicted molar refractivity (Wildman–Crippen MR) is 108 cm³/mol. The largest absolute Gasteiger partial charge is 0.383 e. The van der Waals surface area contributed by atoms with Crippen LogP contribution in [0.1, 0.15) is 116 Å². The second-order valence-electron chi connectivity index (χ2n) is 7.91. The topological polar surface area (TPSA) is 83.9 Å². The van der Waals surface area contributed by atoms with Crippen molar-refractivity contribution < 1.29 is 24.3 Å². The van der Waals surface area contributed by atoms with E-state index in [0.717, 1.165) is 12.8 Å². The lowest BCUT2D eigenvalue weighted by molar-refractivity contribution is -0.198. The number of amides is 2. The van der Waals surface area contributed by atoms with E-state index in [0.29, 0.717) is 11.5 Å². The highest BCUT2D eigenvalue weighted by molar-refractivity contribution is 6.04. The van der Waals surface area contributed by atoms with Crippen molar-refractivity contribution in [3.05, 3.63) is 0 Å². The monoisotopic (exact) mass is 397 g/mol. The minimum absolute atomic E-state index is 0.186. The minimum Gasteiger partial charge on any atom is -0.383 e. The lowest BCUT2D eigenvalue weighted by atomic mass is 10.0. The molecule has 0 aromatic rings. The van der Waals surface area contributed by atoms with E-state index in [-0.39, 0.29) is 12.8 Å². The van der Waals surface area contributed by atoms with Gasteiger partial charge in [-0.2, -0.15) is 0 Å². The Kier molecular flexibility index (Phi) is 13.6. The maximum absolute atomic E-state index is 11.7. The van der Waals surface area contributed by atoms with Gasteiger partial charge in [0.1, 0.15) is 6.10 Å². The molecule has 1 aliphatic heterocycles. The van der Waals surface area contributed by atoms with Crippen LogP contribution in [0.4, 0.5) is 0 Å². The third-order valence-corrected chi connectivity index (χ3v) is 5.26. The number of nitrogens with zero attached hydrogens (tertiary/aromatic N) is 1. The van der Waals surface area contributed by atoms with Crippen LogP contribution in [0, 0.1) is 0 Å². The van der Waals surface area contributed by atoms with Gasteiger partial charge < -0.3 is 9.94 Å². The van der Waals surface area contributed by atoms with E-state index in [9.17, 15) is 19.5 Å². The number of hydrogen-bond acceptors (Lipinski definition) is 5. The summed E-state index contributed by atoms with van der Waals surface area (Å²) < 4.78 is 0. The summed E-state index contributed by atoms with van der Waals surface area (Å²) in [4.78, 5) is 39.3. The summed E-state index contributed by atoms with van der Waals surface area (Å²) in [5.41, 5.74) is 0. The molecule has 0 aromatic carbocycles.